The molecule has 1 aliphatic heterocycles. The van der Waals surface area contributed by atoms with E-state index in [4.69, 9.17) is 17.3 Å². The minimum Gasteiger partial charge on any atom is -0.369 e. The van der Waals surface area contributed by atoms with Crippen molar-refractivity contribution in [3.63, 3.8) is 0 Å². The molecule has 2 unspecified atom stereocenters. The van der Waals surface area contributed by atoms with Crippen LogP contribution >= 0.6 is 11.6 Å². The molecule has 2 N–H and O–H groups in total. The third kappa shape index (κ3) is 2.00. The molecule has 4 nitrogen and oxygen atoms in total. The van der Waals surface area contributed by atoms with Gasteiger partial charge in [-0.3, -0.25) is 9.59 Å². The number of hydrogen-bond donors (Lipinski definition) is 1. The second-order valence-electron chi connectivity index (χ2n) is 4.17. The molecule has 0 spiro atoms. The molecule has 17 heavy (non-hydrogen) atoms. The average Bonchev–Trinajstić information content (AvgIpc) is 2.56. The predicted octanol–water partition coefficient (Wildman–Crippen LogP) is 1.57. The minimum absolute atomic E-state index is 0.116. The van der Waals surface area contributed by atoms with E-state index < -0.39 is 11.8 Å². The first kappa shape index (κ1) is 11.9. The van der Waals surface area contributed by atoms with E-state index in [0.29, 0.717) is 10.7 Å². The number of hydrogen-bond acceptors (Lipinski definition) is 2. The third-order valence-corrected chi connectivity index (χ3v) is 3.45. The second kappa shape index (κ2) is 4.37. The summed E-state index contributed by atoms with van der Waals surface area (Å²) in [5.41, 5.74) is 5.91. The van der Waals surface area contributed by atoms with Crippen molar-refractivity contribution < 1.29 is 9.59 Å². The van der Waals surface area contributed by atoms with Crippen molar-refractivity contribution in [2.75, 3.05) is 4.90 Å². The van der Waals surface area contributed by atoms with Gasteiger partial charge in [-0.15, -0.1) is 0 Å². The van der Waals surface area contributed by atoms with Gasteiger partial charge in [-0.2, -0.15) is 0 Å². The van der Waals surface area contributed by atoms with Crippen molar-refractivity contribution in [2.24, 2.45) is 11.7 Å². The van der Waals surface area contributed by atoms with E-state index in [1.165, 1.54) is 0 Å². The van der Waals surface area contributed by atoms with Crippen LogP contribution in [0.4, 0.5) is 5.69 Å². The molecule has 2 rings (SSSR count). The van der Waals surface area contributed by atoms with Gasteiger partial charge < -0.3 is 10.6 Å². The number of carbonyl (C=O) groups is 2. The van der Waals surface area contributed by atoms with E-state index in [0.717, 1.165) is 0 Å². The third-order valence-electron chi connectivity index (χ3n) is 3.13. The van der Waals surface area contributed by atoms with Crippen LogP contribution in [0.3, 0.4) is 0 Å². The highest BCUT2D eigenvalue weighted by Gasteiger charge is 2.41. The van der Waals surface area contributed by atoms with Crippen LogP contribution in [-0.2, 0) is 9.59 Å². The number of primary amides is 1. The smallest absolute Gasteiger partial charge is 0.228 e. The Kier molecular flexibility index (Phi) is 3.07. The van der Waals surface area contributed by atoms with Crippen LogP contribution in [0, 0.1) is 5.92 Å². The Labute approximate surface area is 104 Å². The van der Waals surface area contributed by atoms with Crippen molar-refractivity contribution >= 4 is 29.1 Å². The van der Waals surface area contributed by atoms with Crippen LogP contribution < -0.4 is 10.6 Å². The zero-order valence-electron chi connectivity index (χ0n) is 9.39. The Hall–Kier alpha value is -1.55. The normalized spacial score (nSPS) is 24.1. The van der Waals surface area contributed by atoms with Gasteiger partial charge in [0, 0.05) is 12.5 Å². The lowest BCUT2D eigenvalue weighted by Crippen LogP contribution is -2.37. The number of para-hydroxylation sites is 1. The fourth-order valence-corrected chi connectivity index (χ4v) is 2.43. The molecule has 1 aromatic rings. The van der Waals surface area contributed by atoms with E-state index in [2.05, 4.69) is 0 Å². The SMILES string of the molecule is CC1C(C(N)=O)CC(=O)N1c1ccccc1Cl. The van der Waals surface area contributed by atoms with Crippen LogP contribution in [0.5, 0.6) is 0 Å². The van der Waals surface area contributed by atoms with E-state index in [1.54, 1.807) is 29.2 Å². The molecule has 1 saturated heterocycles. The largest absolute Gasteiger partial charge is 0.369 e. The summed E-state index contributed by atoms with van der Waals surface area (Å²) in [6, 6.07) is 6.83. The van der Waals surface area contributed by atoms with Gasteiger partial charge in [-0.25, -0.2) is 0 Å². The Balaban J connectivity index is 2.37. The van der Waals surface area contributed by atoms with Crippen LogP contribution in [0.1, 0.15) is 13.3 Å². The first-order chi connectivity index (χ1) is 8.02. The maximum atomic E-state index is 11.9. The summed E-state index contributed by atoms with van der Waals surface area (Å²) in [6.07, 6.45) is 0.154. The fourth-order valence-electron chi connectivity index (χ4n) is 2.20. The molecule has 1 heterocycles. The Morgan fingerprint density at radius 3 is 2.65 bits per heavy atom. The first-order valence-electron chi connectivity index (χ1n) is 5.38. The first-order valence-corrected chi connectivity index (χ1v) is 5.76. The molecular formula is C12H13ClN2O2. The highest BCUT2D eigenvalue weighted by molar-refractivity contribution is 6.34. The summed E-state index contributed by atoms with van der Waals surface area (Å²) in [6.45, 7) is 1.81. The molecule has 0 bridgehead atoms. The molecule has 2 amide bonds. The van der Waals surface area contributed by atoms with Gasteiger partial charge in [0.1, 0.15) is 0 Å². The van der Waals surface area contributed by atoms with E-state index in [9.17, 15) is 9.59 Å². The highest BCUT2D eigenvalue weighted by atomic mass is 35.5. The lowest BCUT2D eigenvalue weighted by Gasteiger charge is -2.24. The number of halogens is 1. The highest BCUT2D eigenvalue weighted by Crippen LogP contribution is 2.34. The summed E-state index contributed by atoms with van der Waals surface area (Å²) in [4.78, 5) is 24.7. The summed E-state index contributed by atoms with van der Waals surface area (Å²) in [7, 11) is 0. The van der Waals surface area contributed by atoms with Crippen molar-refractivity contribution in [3.05, 3.63) is 29.3 Å². The Morgan fingerprint density at radius 2 is 2.12 bits per heavy atom. The van der Waals surface area contributed by atoms with E-state index >= 15 is 0 Å². The van der Waals surface area contributed by atoms with Crippen LogP contribution in [-0.4, -0.2) is 17.9 Å². The molecule has 2 atom stereocenters. The van der Waals surface area contributed by atoms with Crippen molar-refractivity contribution in [1.29, 1.82) is 0 Å². The van der Waals surface area contributed by atoms with Gasteiger partial charge in [0.25, 0.3) is 0 Å². The van der Waals surface area contributed by atoms with E-state index in [-0.39, 0.29) is 18.4 Å². The minimum atomic E-state index is -0.446. The molecule has 0 radical (unpaired) electrons. The molecule has 1 aromatic carbocycles. The average molecular weight is 253 g/mol. The zero-order valence-corrected chi connectivity index (χ0v) is 10.1. The number of carbonyl (C=O) groups excluding carboxylic acids is 2. The molecule has 1 fully saturated rings. The van der Waals surface area contributed by atoms with Gasteiger partial charge in [-0.1, -0.05) is 23.7 Å². The summed E-state index contributed by atoms with van der Waals surface area (Å²) < 4.78 is 0. The fraction of sp³-hybridized carbons (Fsp3) is 0.333. The van der Waals surface area contributed by atoms with Crippen molar-refractivity contribution in [3.8, 4) is 0 Å². The standard InChI is InChI=1S/C12H13ClN2O2/c1-7-8(12(14)17)6-11(16)15(7)10-5-3-2-4-9(10)13/h2-5,7-8H,6H2,1H3,(H2,14,17). The molecule has 0 aromatic heterocycles. The number of rotatable bonds is 2. The zero-order chi connectivity index (χ0) is 12.6. The van der Waals surface area contributed by atoms with Crippen LogP contribution in [0.2, 0.25) is 5.02 Å². The molecule has 1 aliphatic rings. The van der Waals surface area contributed by atoms with Crippen molar-refractivity contribution in [2.45, 2.75) is 19.4 Å². The number of nitrogens with two attached hydrogens (primary N) is 1. The quantitative estimate of drug-likeness (QED) is 0.868. The Bertz CT molecular complexity index is 475. The topological polar surface area (TPSA) is 63.4 Å². The molecule has 0 aliphatic carbocycles. The maximum absolute atomic E-state index is 11.9. The molecule has 0 saturated carbocycles. The Morgan fingerprint density at radius 1 is 1.47 bits per heavy atom. The van der Waals surface area contributed by atoms with Gasteiger partial charge in [0.2, 0.25) is 11.8 Å². The van der Waals surface area contributed by atoms with Gasteiger partial charge in [0.15, 0.2) is 0 Å². The number of nitrogens with zero attached hydrogens (tertiary/aromatic N) is 1. The van der Waals surface area contributed by atoms with Gasteiger partial charge in [-0.05, 0) is 19.1 Å². The summed E-state index contributed by atoms with van der Waals surface area (Å²) >= 11 is 6.05. The predicted molar refractivity (Wildman–Crippen MR) is 65.7 cm³/mol. The monoisotopic (exact) mass is 252 g/mol. The molecule has 5 heteroatoms. The summed E-state index contributed by atoms with van der Waals surface area (Å²) in [5.74, 6) is -1.01. The van der Waals surface area contributed by atoms with Gasteiger partial charge in [0.05, 0.1) is 16.6 Å². The van der Waals surface area contributed by atoms with Crippen molar-refractivity contribution in [1.82, 2.24) is 0 Å². The molecular weight excluding hydrogens is 240 g/mol. The van der Waals surface area contributed by atoms with Crippen LogP contribution in [0.15, 0.2) is 24.3 Å². The second-order valence-corrected chi connectivity index (χ2v) is 4.58. The maximum Gasteiger partial charge on any atom is 0.228 e. The van der Waals surface area contributed by atoms with Crippen LogP contribution in [0.25, 0.3) is 0 Å². The lowest BCUT2D eigenvalue weighted by atomic mass is 10.0. The number of amides is 2. The molecule has 90 valence electrons. The number of benzene rings is 1. The van der Waals surface area contributed by atoms with Gasteiger partial charge >= 0.3 is 0 Å². The van der Waals surface area contributed by atoms with E-state index in [1.807, 2.05) is 6.92 Å². The lowest BCUT2D eigenvalue weighted by molar-refractivity contribution is -0.124. The summed E-state index contributed by atoms with van der Waals surface area (Å²) in [5, 5.41) is 0.498. The number of anilines is 1.